The van der Waals surface area contributed by atoms with Crippen LogP contribution in [0.3, 0.4) is 0 Å². The molecular formula is C20H26N2O3S. The van der Waals surface area contributed by atoms with Crippen LogP contribution in [0.1, 0.15) is 45.7 Å². The summed E-state index contributed by atoms with van der Waals surface area (Å²) in [6.45, 7) is 10.6. The van der Waals surface area contributed by atoms with Crippen molar-refractivity contribution < 1.29 is 13.2 Å². The Morgan fingerprint density at radius 2 is 1.62 bits per heavy atom. The number of hydrazone groups is 1. The molecule has 0 saturated heterocycles. The van der Waals surface area contributed by atoms with Crippen molar-refractivity contribution in [3.63, 3.8) is 0 Å². The molecule has 0 saturated carbocycles. The molecule has 1 N–H and O–H groups in total. The molecule has 5 nitrogen and oxygen atoms in total. The van der Waals surface area contributed by atoms with Gasteiger partial charge < -0.3 is 4.74 Å². The second-order valence-corrected chi connectivity index (χ2v) is 8.68. The van der Waals surface area contributed by atoms with Crippen LogP contribution in [0.15, 0.2) is 58.5 Å². The summed E-state index contributed by atoms with van der Waals surface area (Å²) in [6.07, 6.45) is 0. The molecule has 0 amide bonds. The quantitative estimate of drug-likeness (QED) is 0.612. The Balaban J connectivity index is 2.13. The van der Waals surface area contributed by atoms with Crippen molar-refractivity contribution in [1.29, 1.82) is 0 Å². The summed E-state index contributed by atoms with van der Waals surface area (Å²) in [6, 6.07) is 14.2. The van der Waals surface area contributed by atoms with Gasteiger partial charge in [-0.05, 0) is 54.7 Å². The van der Waals surface area contributed by atoms with E-state index in [9.17, 15) is 8.42 Å². The van der Waals surface area contributed by atoms with Crippen molar-refractivity contribution in [1.82, 2.24) is 4.83 Å². The second kappa shape index (κ2) is 7.91. The zero-order chi connectivity index (χ0) is 19.4. The maximum atomic E-state index is 12.4. The third-order valence-corrected chi connectivity index (χ3v) is 5.17. The second-order valence-electron chi connectivity index (χ2n) is 7.02. The van der Waals surface area contributed by atoms with Crippen molar-refractivity contribution in [2.24, 2.45) is 5.10 Å². The Bertz CT molecular complexity index is 863. The highest BCUT2D eigenvalue weighted by Crippen LogP contribution is 2.22. The first kappa shape index (κ1) is 20.0. The molecule has 0 spiro atoms. The summed E-state index contributed by atoms with van der Waals surface area (Å²) in [5, 5.41) is 4.04. The molecule has 2 aromatic carbocycles. The van der Waals surface area contributed by atoms with Crippen LogP contribution in [0.25, 0.3) is 0 Å². The van der Waals surface area contributed by atoms with E-state index in [4.69, 9.17) is 4.74 Å². The molecule has 140 valence electrons. The molecule has 2 rings (SSSR count). The number of sulfonamides is 1. The molecule has 0 aliphatic rings. The van der Waals surface area contributed by atoms with E-state index in [-0.39, 0.29) is 10.3 Å². The largest absolute Gasteiger partial charge is 0.494 e. The van der Waals surface area contributed by atoms with Gasteiger partial charge in [0.2, 0.25) is 0 Å². The fourth-order valence-electron chi connectivity index (χ4n) is 2.34. The Kier molecular flexibility index (Phi) is 6.08. The lowest BCUT2D eigenvalue weighted by molar-refractivity contribution is 0.340. The van der Waals surface area contributed by atoms with E-state index < -0.39 is 10.0 Å². The number of hydrogen-bond donors (Lipinski definition) is 1. The molecule has 0 aromatic heterocycles. The summed E-state index contributed by atoms with van der Waals surface area (Å²) in [7, 11) is -3.72. The fraction of sp³-hybridized carbons (Fsp3) is 0.350. The topological polar surface area (TPSA) is 67.8 Å². The lowest BCUT2D eigenvalue weighted by atomic mass is 9.86. The monoisotopic (exact) mass is 374 g/mol. The van der Waals surface area contributed by atoms with Gasteiger partial charge in [-0.1, -0.05) is 45.0 Å². The molecule has 0 unspecified atom stereocenters. The zero-order valence-electron chi connectivity index (χ0n) is 15.9. The third-order valence-electron chi connectivity index (χ3n) is 3.95. The Morgan fingerprint density at radius 3 is 2.12 bits per heavy atom. The molecule has 0 fully saturated rings. The number of ether oxygens (including phenoxy) is 1. The summed E-state index contributed by atoms with van der Waals surface area (Å²) >= 11 is 0. The van der Waals surface area contributed by atoms with Gasteiger partial charge in [0, 0.05) is 0 Å². The third kappa shape index (κ3) is 5.08. The SMILES string of the molecule is CCOc1ccc(S(=O)(=O)N/N=C(/C)c2ccc(C(C)(C)C)cc2)cc1. The van der Waals surface area contributed by atoms with Gasteiger partial charge in [-0.15, -0.1) is 0 Å². The highest BCUT2D eigenvalue weighted by Gasteiger charge is 2.15. The van der Waals surface area contributed by atoms with Crippen molar-refractivity contribution in [2.45, 2.75) is 44.9 Å². The standard InChI is InChI=1S/C20H26N2O3S/c1-6-25-18-11-13-19(14-12-18)26(23,24)22-21-15(2)16-7-9-17(10-8-16)20(3,4)5/h7-14,22H,6H2,1-5H3/b21-15-. The number of benzene rings is 2. The molecule has 0 heterocycles. The van der Waals surface area contributed by atoms with Gasteiger partial charge in [0.25, 0.3) is 10.0 Å². The van der Waals surface area contributed by atoms with Crippen LogP contribution >= 0.6 is 0 Å². The lowest BCUT2D eigenvalue weighted by Crippen LogP contribution is -2.20. The minimum Gasteiger partial charge on any atom is -0.494 e. The number of hydrogen-bond acceptors (Lipinski definition) is 4. The van der Waals surface area contributed by atoms with Crippen LogP contribution < -0.4 is 9.57 Å². The molecule has 0 bridgehead atoms. The fourth-order valence-corrected chi connectivity index (χ4v) is 3.20. The van der Waals surface area contributed by atoms with Gasteiger partial charge in [-0.2, -0.15) is 18.4 Å². The Hall–Kier alpha value is -2.34. The van der Waals surface area contributed by atoms with Gasteiger partial charge >= 0.3 is 0 Å². The van der Waals surface area contributed by atoms with Gasteiger partial charge in [0.1, 0.15) is 5.75 Å². The molecule has 6 heteroatoms. The van der Waals surface area contributed by atoms with Gasteiger partial charge in [-0.25, -0.2) is 0 Å². The smallest absolute Gasteiger partial charge is 0.276 e. The van der Waals surface area contributed by atoms with E-state index in [1.54, 1.807) is 19.1 Å². The van der Waals surface area contributed by atoms with Gasteiger partial charge in [-0.3, -0.25) is 0 Å². The molecular weight excluding hydrogens is 348 g/mol. The van der Waals surface area contributed by atoms with Crippen molar-refractivity contribution in [3.05, 3.63) is 59.7 Å². The molecule has 0 aliphatic heterocycles. The van der Waals surface area contributed by atoms with Gasteiger partial charge in [0.15, 0.2) is 0 Å². The summed E-state index contributed by atoms with van der Waals surface area (Å²) in [5.74, 6) is 0.630. The average molecular weight is 375 g/mol. The average Bonchev–Trinajstić information content (AvgIpc) is 2.60. The highest BCUT2D eigenvalue weighted by atomic mass is 32.2. The summed E-state index contributed by atoms with van der Waals surface area (Å²) in [4.78, 5) is 2.43. The van der Waals surface area contributed by atoms with Crippen LogP contribution in [-0.2, 0) is 15.4 Å². The normalized spacial score (nSPS) is 12.7. The van der Waals surface area contributed by atoms with Crippen molar-refractivity contribution >= 4 is 15.7 Å². The van der Waals surface area contributed by atoms with E-state index in [2.05, 4.69) is 30.7 Å². The number of rotatable bonds is 6. The minimum atomic E-state index is -3.72. The first-order valence-electron chi connectivity index (χ1n) is 8.53. The lowest BCUT2D eigenvalue weighted by Gasteiger charge is -2.19. The molecule has 0 atom stereocenters. The number of nitrogens with zero attached hydrogens (tertiary/aromatic N) is 1. The molecule has 0 radical (unpaired) electrons. The molecule has 0 aliphatic carbocycles. The Morgan fingerprint density at radius 1 is 1.04 bits per heavy atom. The van der Waals surface area contributed by atoms with E-state index in [1.807, 2.05) is 31.2 Å². The predicted octanol–water partition coefficient (Wildman–Crippen LogP) is 4.09. The van der Waals surface area contributed by atoms with Crippen molar-refractivity contribution in [2.75, 3.05) is 6.61 Å². The van der Waals surface area contributed by atoms with Crippen LogP contribution in [0.2, 0.25) is 0 Å². The van der Waals surface area contributed by atoms with Crippen LogP contribution in [0.5, 0.6) is 5.75 Å². The minimum absolute atomic E-state index is 0.0683. The summed E-state index contributed by atoms with van der Waals surface area (Å²) in [5.41, 5.74) is 2.75. The number of nitrogens with one attached hydrogen (secondary N) is 1. The summed E-state index contributed by atoms with van der Waals surface area (Å²) < 4.78 is 30.0. The zero-order valence-corrected chi connectivity index (χ0v) is 16.7. The predicted molar refractivity (Wildman–Crippen MR) is 105 cm³/mol. The molecule has 26 heavy (non-hydrogen) atoms. The molecule has 2 aromatic rings. The highest BCUT2D eigenvalue weighted by molar-refractivity contribution is 7.89. The first-order chi connectivity index (χ1) is 12.1. The van der Waals surface area contributed by atoms with E-state index >= 15 is 0 Å². The maximum Gasteiger partial charge on any atom is 0.276 e. The van der Waals surface area contributed by atoms with E-state index in [1.165, 1.54) is 17.7 Å². The van der Waals surface area contributed by atoms with Gasteiger partial charge in [0.05, 0.1) is 17.2 Å². The Labute approximate surface area is 156 Å². The van der Waals surface area contributed by atoms with E-state index in [0.717, 1.165) is 5.56 Å². The van der Waals surface area contributed by atoms with Crippen molar-refractivity contribution in [3.8, 4) is 5.75 Å². The van der Waals surface area contributed by atoms with E-state index in [0.29, 0.717) is 18.1 Å². The van der Waals surface area contributed by atoms with Crippen LogP contribution in [0.4, 0.5) is 0 Å². The van der Waals surface area contributed by atoms with Crippen LogP contribution in [-0.4, -0.2) is 20.7 Å². The first-order valence-corrected chi connectivity index (χ1v) is 10.0. The maximum absolute atomic E-state index is 12.4. The van der Waals surface area contributed by atoms with Crippen LogP contribution in [0, 0.1) is 0 Å².